The Balaban J connectivity index is 0.981. The largest absolute Gasteiger partial charge is 0.493 e. The molecule has 7 nitrogen and oxygen atoms in total. The molecule has 54 heavy (non-hydrogen) atoms. The molecule has 7 rings (SSSR count). The minimum absolute atomic E-state index is 0.0191. The molecule has 5 aromatic rings. The molecule has 1 N–H and O–H groups in total. The maximum absolute atomic E-state index is 14.7. The number of hydrogen-bond donors (Lipinski definition) is 1. The van der Waals surface area contributed by atoms with Crippen molar-refractivity contribution in [3.63, 3.8) is 0 Å². The van der Waals surface area contributed by atoms with E-state index in [4.69, 9.17) is 14.2 Å². The van der Waals surface area contributed by atoms with E-state index in [2.05, 4.69) is 41.7 Å². The van der Waals surface area contributed by atoms with E-state index in [1.54, 1.807) is 13.0 Å². The van der Waals surface area contributed by atoms with Gasteiger partial charge < -0.3 is 19.1 Å². The lowest BCUT2D eigenvalue weighted by Crippen LogP contribution is -2.55. The van der Waals surface area contributed by atoms with E-state index in [1.807, 2.05) is 89.8 Å². The molecule has 1 amide bonds. The lowest BCUT2D eigenvalue weighted by atomic mass is 9.76. The first kappa shape index (κ1) is 36.9. The van der Waals surface area contributed by atoms with Gasteiger partial charge in [-0.05, 0) is 84.4 Å². The van der Waals surface area contributed by atoms with Crippen molar-refractivity contribution in [1.82, 2.24) is 10.2 Å². The molecule has 2 aliphatic rings. The SMILES string of the molecule is COC(=O)[C@H](COc1cccc(OCC2CCC(CN3Cc4ccc(C)c(F)c4C3=O)CC2)c1)NC(c1ccccc1)(c1ccccc1)c1ccccc1. The van der Waals surface area contributed by atoms with Crippen LogP contribution >= 0.6 is 0 Å². The molecule has 1 fully saturated rings. The maximum atomic E-state index is 14.7. The summed E-state index contributed by atoms with van der Waals surface area (Å²) < 4.78 is 32.6. The van der Waals surface area contributed by atoms with E-state index in [-0.39, 0.29) is 23.9 Å². The van der Waals surface area contributed by atoms with Gasteiger partial charge in [-0.1, -0.05) is 109 Å². The Hall–Kier alpha value is -5.47. The van der Waals surface area contributed by atoms with Gasteiger partial charge in [0.2, 0.25) is 0 Å². The number of nitrogens with one attached hydrogen (secondary N) is 1. The predicted octanol–water partition coefficient (Wildman–Crippen LogP) is 8.48. The summed E-state index contributed by atoms with van der Waals surface area (Å²) in [5, 5.41) is 3.69. The number of rotatable bonds is 14. The van der Waals surface area contributed by atoms with Crippen molar-refractivity contribution in [3.05, 3.63) is 167 Å². The number of fused-ring (bicyclic) bond motifs is 1. The topological polar surface area (TPSA) is 77.1 Å². The van der Waals surface area contributed by atoms with Gasteiger partial charge >= 0.3 is 5.97 Å². The highest BCUT2D eigenvalue weighted by molar-refractivity contribution is 5.98. The monoisotopic (exact) mass is 726 g/mol. The molecule has 0 saturated heterocycles. The number of benzene rings is 5. The van der Waals surface area contributed by atoms with Crippen molar-refractivity contribution in [2.45, 2.75) is 50.7 Å². The molecule has 1 aliphatic carbocycles. The predicted molar refractivity (Wildman–Crippen MR) is 207 cm³/mol. The molecular weight excluding hydrogens is 680 g/mol. The number of ether oxygens (including phenoxy) is 3. The zero-order valence-electron chi connectivity index (χ0n) is 30.9. The standard InChI is InChI=1S/C46H47FN2O5/c1-32-21-26-35-29-49(44(50)42(35)43(32)47)28-33-22-24-34(25-23-33)30-53-39-19-12-20-40(27-39)54-31-41(45(51)52-2)48-46(36-13-6-3-7-14-36,37-15-8-4-9-16-37)38-17-10-5-11-18-38/h3-21,26-27,33-34,41,48H,22-25,28-31H2,1-2H3/t33?,34?,41-/m0/s1. The molecule has 278 valence electrons. The summed E-state index contributed by atoms with van der Waals surface area (Å²) in [5.41, 5.74) is 3.58. The van der Waals surface area contributed by atoms with Crippen LogP contribution in [0.4, 0.5) is 4.39 Å². The minimum atomic E-state index is -0.887. The van der Waals surface area contributed by atoms with Crippen molar-refractivity contribution in [2.75, 3.05) is 26.9 Å². The number of amides is 1. The highest BCUT2D eigenvalue weighted by atomic mass is 19.1. The summed E-state index contributed by atoms with van der Waals surface area (Å²) in [6, 6.07) is 40.6. The van der Waals surface area contributed by atoms with E-state index in [0.29, 0.717) is 48.6 Å². The van der Waals surface area contributed by atoms with Crippen LogP contribution in [0.5, 0.6) is 11.5 Å². The highest BCUT2D eigenvalue weighted by Crippen LogP contribution is 2.38. The Morgan fingerprint density at radius 3 is 1.91 bits per heavy atom. The van der Waals surface area contributed by atoms with Crippen LogP contribution < -0.4 is 14.8 Å². The Morgan fingerprint density at radius 1 is 0.778 bits per heavy atom. The van der Waals surface area contributed by atoms with E-state index >= 15 is 0 Å². The quantitative estimate of drug-likeness (QED) is 0.0915. The molecule has 1 atom stereocenters. The summed E-state index contributed by atoms with van der Waals surface area (Å²) >= 11 is 0. The van der Waals surface area contributed by atoms with Gasteiger partial charge in [-0.2, -0.15) is 0 Å². The molecule has 0 bridgehead atoms. The second kappa shape index (κ2) is 16.7. The van der Waals surface area contributed by atoms with Gasteiger partial charge in [0.05, 0.1) is 24.8 Å². The van der Waals surface area contributed by atoms with E-state index in [1.165, 1.54) is 7.11 Å². The van der Waals surface area contributed by atoms with Crippen molar-refractivity contribution in [1.29, 1.82) is 0 Å². The minimum Gasteiger partial charge on any atom is -0.493 e. The fourth-order valence-corrected chi connectivity index (χ4v) is 7.99. The van der Waals surface area contributed by atoms with Crippen LogP contribution in [0, 0.1) is 24.6 Å². The highest BCUT2D eigenvalue weighted by Gasteiger charge is 2.40. The van der Waals surface area contributed by atoms with Crippen LogP contribution in [-0.4, -0.2) is 49.7 Å². The van der Waals surface area contributed by atoms with Gasteiger partial charge in [-0.25, -0.2) is 4.39 Å². The van der Waals surface area contributed by atoms with Gasteiger partial charge in [0.1, 0.15) is 30.0 Å². The Bertz CT molecular complexity index is 1940. The van der Waals surface area contributed by atoms with E-state index in [9.17, 15) is 14.0 Å². The third kappa shape index (κ3) is 7.90. The second-order valence-corrected chi connectivity index (χ2v) is 14.5. The third-order valence-corrected chi connectivity index (χ3v) is 10.9. The van der Waals surface area contributed by atoms with Crippen LogP contribution in [0.2, 0.25) is 0 Å². The molecule has 1 heterocycles. The van der Waals surface area contributed by atoms with Crippen LogP contribution in [0.25, 0.3) is 0 Å². The van der Waals surface area contributed by atoms with Crippen molar-refractivity contribution in [2.24, 2.45) is 11.8 Å². The van der Waals surface area contributed by atoms with Crippen molar-refractivity contribution < 1.29 is 28.2 Å². The fraction of sp³-hybridized carbons (Fsp3) is 0.304. The van der Waals surface area contributed by atoms with Crippen LogP contribution in [-0.2, 0) is 21.6 Å². The second-order valence-electron chi connectivity index (χ2n) is 14.5. The third-order valence-electron chi connectivity index (χ3n) is 10.9. The van der Waals surface area contributed by atoms with Gasteiger partial charge in [0.15, 0.2) is 0 Å². The number of esters is 1. The number of carbonyl (C=O) groups excluding carboxylic acids is 2. The number of hydrogen-bond acceptors (Lipinski definition) is 6. The molecule has 5 aromatic carbocycles. The molecule has 1 aliphatic heterocycles. The van der Waals surface area contributed by atoms with Crippen LogP contribution in [0.1, 0.15) is 63.9 Å². The molecule has 0 radical (unpaired) electrons. The number of methoxy groups -OCH3 is 1. The van der Waals surface area contributed by atoms with Crippen LogP contribution in [0.15, 0.2) is 127 Å². The summed E-state index contributed by atoms with van der Waals surface area (Å²) in [7, 11) is 1.39. The zero-order valence-corrected chi connectivity index (χ0v) is 30.9. The lowest BCUT2D eigenvalue weighted by molar-refractivity contribution is -0.144. The smallest absolute Gasteiger partial charge is 0.326 e. The Morgan fingerprint density at radius 2 is 1.33 bits per heavy atom. The zero-order chi connectivity index (χ0) is 37.5. The summed E-state index contributed by atoms with van der Waals surface area (Å²) in [6.07, 6.45) is 4.00. The molecule has 1 saturated carbocycles. The van der Waals surface area contributed by atoms with Gasteiger partial charge in [-0.15, -0.1) is 0 Å². The number of carbonyl (C=O) groups is 2. The Labute approximate surface area is 317 Å². The summed E-state index contributed by atoms with van der Waals surface area (Å²) in [5.74, 6) is 1.06. The van der Waals surface area contributed by atoms with E-state index < -0.39 is 17.6 Å². The lowest BCUT2D eigenvalue weighted by Gasteiger charge is -2.39. The molecular formula is C46H47FN2O5. The number of halogens is 1. The normalized spacial score (nSPS) is 17.5. The number of nitrogens with zero attached hydrogens (tertiary/aromatic N) is 1. The summed E-state index contributed by atoms with van der Waals surface area (Å²) in [4.78, 5) is 28.2. The average molecular weight is 727 g/mol. The van der Waals surface area contributed by atoms with Gasteiger partial charge in [-0.3, -0.25) is 14.9 Å². The first-order valence-corrected chi connectivity index (χ1v) is 18.8. The molecule has 8 heteroatoms. The summed E-state index contributed by atoms with van der Waals surface area (Å²) in [6.45, 7) is 3.44. The average Bonchev–Trinajstić information content (AvgIpc) is 3.54. The maximum Gasteiger partial charge on any atom is 0.326 e. The van der Waals surface area contributed by atoms with Gasteiger partial charge in [0.25, 0.3) is 5.91 Å². The van der Waals surface area contributed by atoms with Crippen LogP contribution in [0.3, 0.4) is 0 Å². The van der Waals surface area contributed by atoms with E-state index in [0.717, 1.165) is 47.9 Å². The first-order valence-electron chi connectivity index (χ1n) is 18.8. The van der Waals surface area contributed by atoms with Gasteiger partial charge in [0, 0.05) is 19.2 Å². The van der Waals surface area contributed by atoms with Crippen molar-refractivity contribution >= 4 is 11.9 Å². The van der Waals surface area contributed by atoms with Crippen molar-refractivity contribution in [3.8, 4) is 11.5 Å². The fourth-order valence-electron chi connectivity index (χ4n) is 7.99. The number of aryl methyl sites for hydroxylation is 1. The molecule has 0 aromatic heterocycles. The molecule has 0 spiro atoms. The Kier molecular flexibility index (Phi) is 11.4. The molecule has 0 unspecified atom stereocenters. The first-order chi connectivity index (χ1) is 26.4.